The summed E-state index contributed by atoms with van der Waals surface area (Å²) in [5, 5.41) is 0. The van der Waals surface area contributed by atoms with Crippen LogP contribution in [0.5, 0.6) is 5.75 Å². The van der Waals surface area contributed by atoms with Crippen LogP contribution < -0.4 is 4.74 Å². The number of aromatic nitrogens is 3. The Morgan fingerprint density at radius 1 is 1.13 bits per heavy atom. The van der Waals surface area contributed by atoms with Gasteiger partial charge < -0.3 is 14.4 Å². The van der Waals surface area contributed by atoms with Crippen LogP contribution in [0.1, 0.15) is 32.5 Å². The molecule has 0 saturated carbocycles. The van der Waals surface area contributed by atoms with Crippen molar-refractivity contribution in [2.24, 2.45) is 0 Å². The number of ether oxygens (including phenoxy) is 2. The van der Waals surface area contributed by atoms with Crippen LogP contribution in [0, 0.1) is 0 Å². The van der Waals surface area contributed by atoms with E-state index in [2.05, 4.69) is 19.7 Å². The molecule has 0 bridgehead atoms. The molecule has 1 saturated heterocycles. The van der Waals surface area contributed by atoms with E-state index in [1.807, 2.05) is 0 Å². The second-order valence-corrected chi connectivity index (χ2v) is 8.92. The smallest absolute Gasteiger partial charge is 0.444 e. The maximum absolute atomic E-state index is 12.4. The highest BCUT2D eigenvalue weighted by atomic mass is 32.1. The molecule has 3 aromatic rings. The second-order valence-electron chi connectivity index (χ2n) is 8.09. The first-order chi connectivity index (χ1) is 14.5. The molecule has 0 atom stereocenters. The minimum atomic E-state index is -4.75. The molecular weight excluding hydrogens is 433 g/mol. The second kappa shape index (κ2) is 7.63. The number of fused-ring (bicyclic) bond motifs is 1. The van der Waals surface area contributed by atoms with Crippen molar-refractivity contribution in [2.75, 3.05) is 13.1 Å². The molecule has 0 unspecified atom stereocenters. The molecule has 164 valence electrons. The van der Waals surface area contributed by atoms with E-state index in [1.165, 1.54) is 35.6 Å². The standard InChI is InChI=1S/C20H19F3N4O3S/c1-19(2,3)30-18(28)27-8-12(9-27)16-25-14(15-17(26-16)31-10-24-15)11-4-6-13(7-5-11)29-20(21,22)23/h4-7,10,12H,8-9H2,1-3H3. The summed E-state index contributed by atoms with van der Waals surface area (Å²) >= 11 is 1.35. The topological polar surface area (TPSA) is 77.4 Å². The molecule has 7 nitrogen and oxygen atoms in total. The lowest BCUT2D eigenvalue weighted by atomic mass is 9.99. The summed E-state index contributed by atoms with van der Waals surface area (Å²) < 4.78 is 46.5. The highest BCUT2D eigenvalue weighted by Gasteiger charge is 2.37. The lowest BCUT2D eigenvalue weighted by molar-refractivity contribution is -0.274. The predicted molar refractivity (Wildman–Crippen MR) is 108 cm³/mol. The molecule has 1 aliphatic heterocycles. The summed E-state index contributed by atoms with van der Waals surface area (Å²) in [7, 11) is 0. The fraction of sp³-hybridized carbons (Fsp3) is 0.400. The number of hydrogen-bond acceptors (Lipinski definition) is 7. The molecule has 1 aromatic carbocycles. The van der Waals surface area contributed by atoms with Gasteiger partial charge in [0.1, 0.15) is 33.2 Å². The van der Waals surface area contributed by atoms with Gasteiger partial charge in [0, 0.05) is 18.7 Å². The zero-order valence-corrected chi connectivity index (χ0v) is 17.8. The molecule has 1 amide bonds. The number of nitrogens with zero attached hydrogens (tertiary/aromatic N) is 4. The summed E-state index contributed by atoms with van der Waals surface area (Å²) in [5.74, 6) is 0.180. The number of amides is 1. The number of carbonyl (C=O) groups excluding carboxylic acids is 1. The van der Waals surface area contributed by atoms with Crippen molar-refractivity contribution in [2.45, 2.75) is 38.7 Å². The van der Waals surface area contributed by atoms with E-state index in [9.17, 15) is 18.0 Å². The Bertz CT molecular complexity index is 1100. The van der Waals surface area contributed by atoms with E-state index in [4.69, 9.17) is 4.74 Å². The van der Waals surface area contributed by atoms with Crippen molar-refractivity contribution in [3.63, 3.8) is 0 Å². The summed E-state index contributed by atoms with van der Waals surface area (Å²) in [5.41, 5.74) is 2.76. The van der Waals surface area contributed by atoms with Crippen LogP contribution in [-0.4, -0.2) is 51.0 Å². The van der Waals surface area contributed by atoms with Gasteiger partial charge in [-0.05, 0) is 45.0 Å². The molecule has 11 heteroatoms. The molecule has 0 N–H and O–H groups in total. The SMILES string of the molecule is CC(C)(C)OC(=O)N1CC(c2nc(-c3ccc(OC(F)(F)F)cc3)c3ncsc3n2)C1. The molecule has 4 rings (SSSR count). The number of thiazole rings is 1. The monoisotopic (exact) mass is 452 g/mol. The Morgan fingerprint density at radius 3 is 2.42 bits per heavy atom. The lowest BCUT2D eigenvalue weighted by Crippen LogP contribution is -2.50. The minimum absolute atomic E-state index is 0.0643. The first kappa shape index (κ1) is 21.3. The largest absolute Gasteiger partial charge is 0.573 e. The normalized spacial score (nSPS) is 15.1. The molecular formula is C20H19F3N4O3S. The van der Waals surface area contributed by atoms with E-state index >= 15 is 0 Å². The van der Waals surface area contributed by atoms with Crippen molar-refractivity contribution in [1.82, 2.24) is 19.9 Å². The third-order valence-corrected chi connectivity index (χ3v) is 5.19. The average molecular weight is 452 g/mol. The molecule has 0 spiro atoms. The van der Waals surface area contributed by atoms with Crippen molar-refractivity contribution < 1.29 is 27.4 Å². The van der Waals surface area contributed by atoms with E-state index in [-0.39, 0.29) is 17.8 Å². The lowest BCUT2D eigenvalue weighted by Gasteiger charge is -2.38. The first-order valence-corrected chi connectivity index (χ1v) is 10.3. The molecule has 3 heterocycles. The molecule has 1 aliphatic rings. The summed E-state index contributed by atoms with van der Waals surface area (Å²) in [4.78, 5) is 27.9. The molecule has 31 heavy (non-hydrogen) atoms. The van der Waals surface area contributed by atoms with Gasteiger partial charge >= 0.3 is 12.5 Å². The molecule has 0 aliphatic carbocycles. The first-order valence-electron chi connectivity index (χ1n) is 9.44. The van der Waals surface area contributed by atoms with Gasteiger partial charge in [-0.1, -0.05) is 0 Å². The van der Waals surface area contributed by atoms with Crippen LogP contribution >= 0.6 is 11.3 Å². The van der Waals surface area contributed by atoms with Crippen LogP contribution in [0.3, 0.4) is 0 Å². The Balaban J connectivity index is 1.56. The van der Waals surface area contributed by atoms with E-state index in [0.717, 1.165) is 0 Å². The highest BCUT2D eigenvalue weighted by molar-refractivity contribution is 7.16. The molecule has 2 aromatic heterocycles. The summed E-state index contributed by atoms with van der Waals surface area (Å²) in [6.07, 6.45) is -5.14. The highest BCUT2D eigenvalue weighted by Crippen LogP contribution is 2.33. The third-order valence-electron chi connectivity index (χ3n) is 4.48. The van der Waals surface area contributed by atoms with Gasteiger partial charge in [0.2, 0.25) is 0 Å². The zero-order chi connectivity index (χ0) is 22.4. The Hall–Kier alpha value is -2.95. The van der Waals surface area contributed by atoms with Gasteiger partial charge in [-0.3, -0.25) is 0 Å². The maximum atomic E-state index is 12.4. The van der Waals surface area contributed by atoms with Crippen LogP contribution in [-0.2, 0) is 4.74 Å². The van der Waals surface area contributed by atoms with Gasteiger partial charge in [0.25, 0.3) is 0 Å². The maximum Gasteiger partial charge on any atom is 0.573 e. The molecule has 1 fully saturated rings. The van der Waals surface area contributed by atoms with Gasteiger partial charge in [0.05, 0.1) is 11.4 Å². The van der Waals surface area contributed by atoms with Gasteiger partial charge in [-0.25, -0.2) is 19.7 Å². The Labute approximate surface area is 179 Å². The zero-order valence-electron chi connectivity index (χ0n) is 16.9. The minimum Gasteiger partial charge on any atom is -0.444 e. The summed E-state index contributed by atoms with van der Waals surface area (Å²) in [6.45, 7) is 6.27. The predicted octanol–water partition coefficient (Wildman–Crippen LogP) is 4.99. The number of rotatable bonds is 3. The van der Waals surface area contributed by atoms with Crippen LogP contribution in [0.15, 0.2) is 29.8 Å². The van der Waals surface area contributed by atoms with Crippen LogP contribution in [0.2, 0.25) is 0 Å². The quantitative estimate of drug-likeness (QED) is 0.558. The van der Waals surface area contributed by atoms with Crippen molar-refractivity contribution in [3.8, 4) is 17.0 Å². The van der Waals surface area contributed by atoms with E-state index < -0.39 is 12.0 Å². The Morgan fingerprint density at radius 2 is 1.81 bits per heavy atom. The number of hydrogen-bond donors (Lipinski definition) is 0. The van der Waals surface area contributed by atoms with Gasteiger partial charge in [0.15, 0.2) is 0 Å². The number of likely N-dealkylation sites (tertiary alicyclic amines) is 1. The van der Waals surface area contributed by atoms with Gasteiger partial charge in [-0.15, -0.1) is 24.5 Å². The van der Waals surface area contributed by atoms with Crippen molar-refractivity contribution in [3.05, 3.63) is 35.6 Å². The van der Waals surface area contributed by atoms with Crippen LogP contribution in [0.4, 0.5) is 18.0 Å². The fourth-order valence-corrected chi connectivity index (χ4v) is 3.76. The average Bonchev–Trinajstić information content (AvgIpc) is 3.06. The summed E-state index contributed by atoms with van der Waals surface area (Å²) in [6, 6.07) is 5.46. The molecule has 0 radical (unpaired) electrons. The number of halogens is 3. The van der Waals surface area contributed by atoms with Gasteiger partial charge in [-0.2, -0.15) is 0 Å². The fourth-order valence-electron chi connectivity index (χ4n) is 3.09. The number of alkyl halides is 3. The van der Waals surface area contributed by atoms with Crippen LogP contribution in [0.25, 0.3) is 21.6 Å². The van der Waals surface area contributed by atoms with E-state index in [1.54, 1.807) is 31.2 Å². The van der Waals surface area contributed by atoms with Crippen molar-refractivity contribution in [1.29, 1.82) is 0 Å². The van der Waals surface area contributed by atoms with E-state index in [0.29, 0.717) is 40.5 Å². The third kappa shape index (κ3) is 4.87. The van der Waals surface area contributed by atoms with Crippen molar-refractivity contribution >= 4 is 27.8 Å². The number of benzene rings is 1. The Kier molecular flexibility index (Phi) is 5.24. The number of carbonyl (C=O) groups is 1.